The molecular formula is C10H17F3N2O. The van der Waals surface area contributed by atoms with Gasteiger partial charge >= 0.3 is 6.18 Å². The van der Waals surface area contributed by atoms with Crippen molar-refractivity contribution in [3.05, 3.63) is 0 Å². The maximum Gasteiger partial charge on any atom is 0.411 e. The number of nitrogens with one attached hydrogen (secondary N) is 1. The minimum atomic E-state index is -4.34. The summed E-state index contributed by atoms with van der Waals surface area (Å²) < 4.78 is 37.6. The Labute approximate surface area is 92.6 Å². The second-order valence-corrected chi connectivity index (χ2v) is 4.34. The van der Waals surface area contributed by atoms with E-state index in [1.807, 2.05) is 6.92 Å². The summed E-state index contributed by atoms with van der Waals surface area (Å²) in [6.45, 7) is 2.18. The number of rotatable bonds is 5. The molecule has 0 aliphatic heterocycles. The van der Waals surface area contributed by atoms with Crippen LogP contribution in [0.5, 0.6) is 0 Å². The minimum Gasteiger partial charge on any atom is -0.342 e. The van der Waals surface area contributed by atoms with Gasteiger partial charge in [0.05, 0.1) is 0 Å². The molecule has 16 heavy (non-hydrogen) atoms. The molecule has 1 aliphatic rings. The van der Waals surface area contributed by atoms with Crippen LogP contribution in [0.3, 0.4) is 0 Å². The number of carbonyl (C=O) groups is 1. The van der Waals surface area contributed by atoms with Crippen LogP contribution in [0, 0.1) is 5.92 Å². The third kappa shape index (κ3) is 2.87. The van der Waals surface area contributed by atoms with Crippen molar-refractivity contribution in [2.45, 2.75) is 44.3 Å². The highest BCUT2D eigenvalue weighted by molar-refractivity contribution is 5.77. The molecule has 0 heterocycles. The van der Waals surface area contributed by atoms with Crippen LogP contribution < -0.4 is 11.1 Å². The molecular weight excluding hydrogens is 221 g/mol. The lowest BCUT2D eigenvalue weighted by Gasteiger charge is -2.22. The maximum atomic E-state index is 12.5. The normalized spacial score (nSPS) is 20.3. The average molecular weight is 238 g/mol. The number of amides is 1. The molecule has 1 aliphatic carbocycles. The van der Waals surface area contributed by atoms with E-state index in [0.29, 0.717) is 13.0 Å². The molecule has 0 spiro atoms. The molecule has 6 heteroatoms. The second kappa shape index (κ2) is 4.61. The topological polar surface area (TPSA) is 55.1 Å². The Kier molecular flexibility index (Phi) is 3.83. The lowest BCUT2D eigenvalue weighted by Crippen LogP contribution is -2.48. The van der Waals surface area contributed by atoms with Gasteiger partial charge in [0.2, 0.25) is 5.91 Å². The fourth-order valence-corrected chi connectivity index (χ4v) is 1.58. The summed E-state index contributed by atoms with van der Waals surface area (Å²) in [6, 6.07) is 0. The first-order valence-electron chi connectivity index (χ1n) is 5.42. The van der Waals surface area contributed by atoms with Gasteiger partial charge in [-0.05, 0) is 25.3 Å². The Morgan fingerprint density at radius 1 is 1.50 bits per heavy atom. The van der Waals surface area contributed by atoms with Crippen LogP contribution in [0.25, 0.3) is 0 Å². The maximum absolute atomic E-state index is 12.5. The molecule has 1 atom stereocenters. The van der Waals surface area contributed by atoms with Crippen molar-refractivity contribution < 1.29 is 18.0 Å². The van der Waals surface area contributed by atoms with Crippen molar-refractivity contribution >= 4 is 5.91 Å². The Balaban J connectivity index is 2.46. The summed E-state index contributed by atoms with van der Waals surface area (Å²) in [5.74, 6) is -0.587. The SMILES string of the molecule is CCC(CN)CC(=O)NC1(C(F)(F)F)CC1. The predicted molar refractivity (Wildman–Crippen MR) is 53.6 cm³/mol. The molecule has 3 N–H and O–H groups in total. The summed E-state index contributed by atoms with van der Waals surface area (Å²) in [5, 5.41) is 2.09. The van der Waals surface area contributed by atoms with E-state index in [1.165, 1.54) is 0 Å². The van der Waals surface area contributed by atoms with Gasteiger partial charge in [-0.3, -0.25) is 4.79 Å². The third-order valence-electron chi connectivity index (χ3n) is 3.06. The first-order chi connectivity index (χ1) is 7.34. The zero-order valence-electron chi connectivity index (χ0n) is 9.23. The number of carbonyl (C=O) groups excluding carboxylic acids is 1. The Bertz CT molecular complexity index is 257. The lowest BCUT2D eigenvalue weighted by molar-refractivity contribution is -0.170. The van der Waals surface area contributed by atoms with Gasteiger partial charge in [0.25, 0.3) is 0 Å². The van der Waals surface area contributed by atoms with Crippen LogP contribution in [-0.2, 0) is 4.79 Å². The van der Waals surface area contributed by atoms with Crippen molar-refractivity contribution in [2.75, 3.05) is 6.54 Å². The van der Waals surface area contributed by atoms with Crippen molar-refractivity contribution in [3.63, 3.8) is 0 Å². The molecule has 3 nitrogen and oxygen atoms in total. The molecule has 1 amide bonds. The lowest BCUT2D eigenvalue weighted by atomic mass is 10.0. The highest BCUT2D eigenvalue weighted by Gasteiger charge is 2.64. The smallest absolute Gasteiger partial charge is 0.342 e. The van der Waals surface area contributed by atoms with Crippen LogP contribution in [-0.4, -0.2) is 24.2 Å². The minimum absolute atomic E-state index is 0.0122. The predicted octanol–water partition coefficient (Wildman–Crippen LogP) is 1.57. The van der Waals surface area contributed by atoms with Gasteiger partial charge in [-0.2, -0.15) is 13.2 Å². The number of hydrogen-bond donors (Lipinski definition) is 2. The van der Waals surface area contributed by atoms with E-state index in [0.717, 1.165) is 0 Å². The molecule has 0 aromatic rings. The van der Waals surface area contributed by atoms with Gasteiger partial charge in [-0.1, -0.05) is 13.3 Å². The van der Waals surface area contributed by atoms with Gasteiger partial charge in [0, 0.05) is 6.42 Å². The molecule has 0 aromatic heterocycles. The first kappa shape index (κ1) is 13.3. The first-order valence-corrected chi connectivity index (χ1v) is 5.42. The molecule has 1 saturated carbocycles. The molecule has 0 radical (unpaired) electrons. The number of halogens is 3. The van der Waals surface area contributed by atoms with Crippen LogP contribution in [0.15, 0.2) is 0 Å². The van der Waals surface area contributed by atoms with E-state index < -0.39 is 17.6 Å². The van der Waals surface area contributed by atoms with E-state index in [9.17, 15) is 18.0 Å². The van der Waals surface area contributed by atoms with Gasteiger partial charge in [0.1, 0.15) is 5.54 Å². The standard InChI is InChI=1S/C10H17F3N2O/c1-2-7(6-14)5-8(16)15-9(3-4-9)10(11,12)13/h7H,2-6,14H2,1H3,(H,15,16). The van der Waals surface area contributed by atoms with Gasteiger partial charge in [-0.15, -0.1) is 0 Å². The van der Waals surface area contributed by atoms with Crippen molar-refractivity contribution in [2.24, 2.45) is 11.7 Å². The van der Waals surface area contributed by atoms with Crippen molar-refractivity contribution in [3.8, 4) is 0 Å². The summed E-state index contributed by atoms with van der Waals surface area (Å²) in [6.07, 6.45) is -3.59. The molecule has 0 bridgehead atoms. The quantitative estimate of drug-likeness (QED) is 0.764. The summed E-state index contributed by atoms with van der Waals surface area (Å²) >= 11 is 0. The highest BCUT2D eigenvalue weighted by atomic mass is 19.4. The molecule has 1 unspecified atom stereocenters. The zero-order valence-corrected chi connectivity index (χ0v) is 9.23. The van der Waals surface area contributed by atoms with Gasteiger partial charge in [0.15, 0.2) is 0 Å². The van der Waals surface area contributed by atoms with Crippen molar-refractivity contribution in [1.29, 1.82) is 0 Å². The molecule has 1 rings (SSSR count). The number of alkyl halides is 3. The Morgan fingerprint density at radius 2 is 2.06 bits per heavy atom. The fraction of sp³-hybridized carbons (Fsp3) is 0.900. The van der Waals surface area contributed by atoms with Gasteiger partial charge in [-0.25, -0.2) is 0 Å². The van der Waals surface area contributed by atoms with E-state index in [1.54, 1.807) is 0 Å². The summed E-state index contributed by atoms with van der Waals surface area (Å²) in [5.41, 5.74) is 3.45. The van der Waals surface area contributed by atoms with E-state index >= 15 is 0 Å². The van der Waals surface area contributed by atoms with Crippen LogP contribution in [0.2, 0.25) is 0 Å². The van der Waals surface area contributed by atoms with Gasteiger partial charge < -0.3 is 11.1 Å². The molecule has 94 valence electrons. The summed E-state index contributed by atoms with van der Waals surface area (Å²) in [4.78, 5) is 11.4. The van der Waals surface area contributed by atoms with E-state index in [4.69, 9.17) is 5.73 Å². The largest absolute Gasteiger partial charge is 0.411 e. The summed E-state index contributed by atoms with van der Waals surface area (Å²) in [7, 11) is 0. The zero-order chi connectivity index (χ0) is 12.4. The Hall–Kier alpha value is -0.780. The third-order valence-corrected chi connectivity index (χ3v) is 3.06. The molecule has 1 fully saturated rings. The fourth-order valence-electron chi connectivity index (χ4n) is 1.58. The molecule has 0 aromatic carbocycles. The highest BCUT2D eigenvalue weighted by Crippen LogP contribution is 2.48. The number of nitrogens with two attached hydrogens (primary N) is 1. The Morgan fingerprint density at radius 3 is 2.38 bits per heavy atom. The van der Waals surface area contributed by atoms with Crippen LogP contribution in [0.4, 0.5) is 13.2 Å². The van der Waals surface area contributed by atoms with Crippen LogP contribution >= 0.6 is 0 Å². The second-order valence-electron chi connectivity index (χ2n) is 4.34. The van der Waals surface area contributed by atoms with Crippen molar-refractivity contribution in [1.82, 2.24) is 5.32 Å². The average Bonchev–Trinajstić information content (AvgIpc) is 2.94. The van der Waals surface area contributed by atoms with E-state index in [2.05, 4.69) is 5.32 Å². The van der Waals surface area contributed by atoms with Crippen LogP contribution in [0.1, 0.15) is 32.6 Å². The number of hydrogen-bond acceptors (Lipinski definition) is 2. The monoisotopic (exact) mass is 238 g/mol. The van der Waals surface area contributed by atoms with E-state index in [-0.39, 0.29) is 25.2 Å². The molecule has 0 saturated heterocycles.